The van der Waals surface area contributed by atoms with E-state index in [0.29, 0.717) is 12.2 Å². The molecule has 1 aliphatic rings. The average molecular weight is 423 g/mol. The molecule has 0 saturated carbocycles. The highest BCUT2D eigenvalue weighted by Crippen LogP contribution is 2.32. The molecule has 162 valence electrons. The highest BCUT2D eigenvalue weighted by atomic mass is 19.4. The van der Waals surface area contributed by atoms with E-state index in [-0.39, 0.29) is 24.3 Å². The number of hydrogen-bond acceptors (Lipinski definition) is 5. The van der Waals surface area contributed by atoms with Gasteiger partial charge in [0.15, 0.2) is 0 Å². The predicted molar refractivity (Wildman–Crippen MR) is 108 cm³/mol. The van der Waals surface area contributed by atoms with Crippen molar-refractivity contribution >= 4 is 17.3 Å². The first-order valence-corrected chi connectivity index (χ1v) is 9.58. The molecule has 0 saturated heterocycles. The summed E-state index contributed by atoms with van der Waals surface area (Å²) in [7, 11) is 1.82. The van der Waals surface area contributed by atoms with E-state index < -0.39 is 6.36 Å². The van der Waals surface area contributed by atoms with Crippen molar-refractivity contribution in [3.8, 4) is 11.5 Å². The molecule has 1 amide bonds. The summed E-state index contributed by atoms with van der Waals surface area (Å²) in [4.78, 5) is 16.4. The molecule has 6 nitrogen and oxygen atoms in total. The van der Waals surface area contributed by atoms with Crippen molar-refractivity contribution in [3.63, 3.8) is 0 Å². The Bertz CT molecular complexity index is 859. The number of benzene rings is 2. The molecular formula is C21H24F3N3O3. The fourth-order valence-electron chi connectivity index (χ4n) is 3.37. The number of alkyl halides is 3. The van der Waals surface area contributed by atoms with Gasteiger partial charge in [-0.3, -0.25) is 9.69 Å². The summed E-state index contributed by atoms with van der Waals surface area (Å²) in [5, 5.41) is 2.67. The lowest BCUT2D eigenvalue weighted by Gasteiger charge is -2.37. The fourth-order valence-corrected chi connectivity index (χ4v) is 3.37. The van der Waals surface area contributed by atoms with Crippen molar-refractivity contribution in [1.82, 2.24) is 4.90 Å². The lowest BCUT2D eigenvalue weighted by atomic mass is 10.2. The topological polar surface area (TPSA) is 54.0 Å². The lowest BCUT2D eigenvalue weighted by molar-refractivity contribution is -0.274. The molecule has 2 aromatic rings. The van der Waals surface area contributed by atoms with Crippen LogP contribution in [0.3, 0.4) is 0 Å². The van der Waals surface area contributed by atoms with Crippen LogP contribution < -0.4 is 19.7 Å². The number of amides is 1. The van der Waals surface area contributed by atoms with Crippen LogP contribution in [-0.4, -0.2) is 56.5 Å². The molecule has 0 radical (unpaired) electrons. The molecule has 30 heavy (non-hydrogen) atoms. The summed E-state index contributed by atoms with van der Waals surface area (Å²) in [6.07, 6.45) is -4.83. The maximum atomic E-state index is 12.3. The van der Waals surface area contributed by atoms with Crippen LogP contribution in [-0.2, 0) is 4.79 Å². The SMILES string of the molecule is CCN1CC(CN(C)CC(=O)Nc2ccc(OC(F)(F)F)cc2)Oc2ccccc21. The Kier molecular flexibility index (Phi) is 6.71. The van der Waals surface area contributed by atoms with E-state index in [9.17, 15) is 18.0 Å². The minimum absolute atomic E-state index is 0.0866. The zero-order chi connectivity index (χ0) is 21.7. The fraction of sp³-hybridized carbons (Fsp3) is 0.381. The molecule has 1 unspecified atom stereocenters. The number of carbonyl (C=O) groups excluding carboxylic acids is 1. The van der Waals surface area contributed by atoms with Gasteiger partial charge >= 0.3 is 6.36 Å². The van der Waals surface area contributed by atoms with Crippen LogP contribution in [0.25, 0.3) is 0 Å². The van der Waals surface area contributed by atoms with Gasteiger partial charge in [0, 0.05) is 18.8 Å². The quantitative estimate of drug-likeness (QED) is 0.735. The van der Waals surface area contributed by atoms with E-state index in [4.69, 9.17) is 4.74 Å². The van der Waals surface area contributed by atoms with Gasteiger partial charge in [-0.2, -0.15) is 0 Å². The average Bonchev–Trinajstić information content (AvgIpc) is 2.67. The molecule has 0 aliphatic carbocycles. The third kappa shape index (κ3) is 6.03. The molecule has 1 aliphatic heterocycles. The number of carbonyl (C=O) groups is 1. The molecule has 0 bridgehead atoms. The van der Waals surface area contributed by atoms with Gasteiger partial charge < -0.3 is 19.7 Å². The Morgan fingerprint density at radius 3 is 2.60 bits per heavy atom. The Morgan fingerprint density at radius 2 is 1.93 bits per heavy atom. The van der Waals surface area contributed by atoms with Crippen LogP contribution in [0.5, 0.6) is 11.5 Å². The molecule has 1 atom stereocenters. The van der Waals surface area contributed by atoms with Crippen molar-refractivity contribution in [2.75, 3.05) is 43.4 Å². The van der Waals surface area contributed by atoms with E-state index in [1.807, 2.05) is 36.2 Å². The Labute approximate surface area is 173 Å². The molecule has 3 rings (SSSR count). The van der Waals surface area contributed by atoms with Crippen molar-refractivity contribution in [3.05, 3.63) is 48.5 Å². The summed E-state index contributed by atoms with van der Waals surface area (Å²) >= 11 is 0. The second kappa shape index (κ2) is 9.25. The summed E-state index contributed by atoms with van der Waals surface area (Å²) in [5.41, 5.74) is 1.46. The first-order chi connectivity index (χ1) is 14.2. The van der Waals surface area contributed by atoms with E-state index in [0.717, 1.165) is 36.7 Å². The molecule has 1 N–H and O–H groups in total. The number of nitrogens with zero attached hydrogens (tertiary/aromatic N) is 2. The molecular weight excluding hydrogens is 399 g/mol. The number of rotatable bonds is 7. The number of fused-ring (bicyclic) bond motifs is 1. The summed E-state index contributed by atoms with van der Waals surface area (Å²) < 4.78 is 46.5. The first kappa shape index (κ1) is 21.8. The van der Waals surface area contributed by atoms with Crippen LogP contribution >= 0.6 is 0 Å². The minimum Gasteiger partial charge on any atom is -0.485 e. The van der Waals surface area contributed by atoms with Crippen LogP contribution in [0.15, 0.2) is 48.5 Å². The van der Waals surface area contributed by atoms with Crippen LogP contribution in [0.1, 0.15) is 6.92 Å². The smallest absolute Gasteiger partial charge is 0.485 e. The van der Waals surface area contributed by atoms with Gasteiger partial charge in [-0.25, -0.2) is 0 Å². The van der Waals surface area contributed by atoms with Gasteiger partial charge in [-0.1, -0.05) is 12.1 Å². The van der Waals surface area contributed by atoms with Gasteiger partial charge in [0.2, 0.25) is 5.91 Å². The third-order valence-electron chi connectivity index (χ3n) is 4.61. The number of para-hydroxylation sites is 2. The zero-order valence-electron chi connectivity index (χ0n) is 16.8. The van der Waals surface area contributed by atoms with Gasteiger partial charge in [0.1, 0.15) is 17.6 Å². The number of ether oxygens (including phenoxy) is 2. The van der Waals surface area contributed by atoms with E-state index in [1.54, 1.807) is 0 Å². The monoisotopic (exact) mass is 423 g/mol. The Balaban J connectivity index is 1.50. The minimum atomic E-state index is -4.75. The molecule has 0 fully saturated rings. The Hall–Kier alpha value is -2.94. The van der Waals surface area contributed by atoms with Gasteiger partial charge in [-0.15, -0.1) is 13.2 Å². The number of nitrogens with one attached hydrogen (secondary N) is 1. The molecule has 0 spiro atoms. The van der Waals surface area contributed by atoms with E-state index in [2.05, 4.69) is 21.9 Å². The number of anilines is 2. The van der Waals surface area contributed by atoms with Gasteiger partial charge in [-0.05, 0) is 50.4 Å². The van der Waals surface area contributed by atoms with Crippen LogP contribution in [0, 0.1) is 0 Å². The maximum absolute atomic E-state index is 12.3. The summed E-state index contributed by atoms with van der Waals surface area (Å²) in [6, 6.07) is 12.9. The lowest BCUT2D eigenvalue weighted by Crippen LogP contribution is -2.46. The van der Waals surface area contributed by atoms with Gasteiger partial charge in [0.05, 0.1) is 18.8 Å². The first-order valence-electron chi connectivity index (χ1n) is 9.58. The predicted octanol–water partition coefficient (Wildman–Crippen LogP) is 3.74. The van der Waals surface area contributed by atoms with Crippen LogP contribution in [0.2, 0.25) is 0 Å². The molecule has 0 aromatic heterocycles. The normalized spacial score (nSPS) is 16.1. The van der Waals surface area contributed by atoms with Crippen molar-refractivity contribution in [2.45, 2.75) is 19.4 Å². The number of likely N-dealkylation sites (N-methyl/N-ethyl adjacent to an activating group) is 2. The van der Waals surface area contributed by atoms with Gasteiger partial charge in [0.25, 0.3) is 0 Å². The standard InChI is InChI=1S/C21H24F3N3O3/c1-3-27-13-17(29-19-7-5-4-6-18(19)27)12-26(2)14-20(28)25-15-8-10-16(11-9-15)30-21(22,23)24/h4-11,17H,3,12-14H2,1-2H3,(H,25,28). The number of hydrogen-bond donors (Lipinski definition) is 1. The highest BCUT2D eigenvalue weighted by molar-refractivity contribution is 5.92. The van der Waals surface area contributed by atoms with Crippen molar-refractivity contribution in [1.29, 1.82) is 0 Å². The molecule has 2 aromatic carbocycles. The molecule has 9 heteroatoms. The Morgan fingerprint density at radius 1 is 1.23 bits per heavy atom. The largest absolute Gasteiger partial charge is 0.573 e. The van der Waals surface area contributed by atoms with Crippen LogP contribution in [0.4, 0.5) is 24.5 Å². The van der Waals surface area contributed by atoms with Crippen molar-refractivity contribution < 1.29 is 27.4 Å². The maximum Gasteiger partial charge on any atom is 0.573 e. The molecule has 1 heterocycles. The number of halogens is 3. The zero-order valence-corrected chi connectivity index (χ0v) is 16.8. The summed E-state index contributed by atoms with van der Waals surface area (Å²) in [6.45, 7) is 4.33. The second-order valence-corrected chi connectivity index (χ2v) is 7.06. The third-order valence-corrected chi connectivity index (χ3v) is 4.61. The summed E-state index contributed by atoms with van der Waals surface area (Å²) in [5.74, 6) is 0.216. The van der Waals surface area contributed by atoms with Crippen molar-refractivity contribution in [2.24, 2.45) is 0 Å². The highest BCUT2D eigenvalue weighted by Gasteiger charge is 2.31. The second-order valence-electron chi connectivity index (χ2n) is 7.06. The van der Waals surface area contributed by atoms with E-state index >= 15 is 0 Å². The van der Waals surface area contributed by atoms with E-state index in [1.165, 1.54) is 12.1 Å².